The molecule has 0 aliphatic rings. The molecule has 0 aromatic carbocycles. The largest absolute Gasteiger partial charge is 0.481 e. The van der Waals surface area contributed by atoms with Crippen LogP contribution in [0.1, 0.15) is 6.42 Å². The summed E-state index contributed by atoms with van der Waals surface area (Å²) in [6.07, 6.45) is -0.727. The average molecular weight is 249 g/mol. The molecule has 0 spiro atoms. The van der Waals surface area contributed by atoms with Crippen LogP contribution in [0.5, 0.6) is 0 Å². The van der Waals surface area contributed by atoms with Crippen molar-refractivity contribution in [2.45, 2.75) is 18.1 Å². The third-order valence-corrected chi connectivity index (χ3v) is 2.17. The molecule has 0 aliphatic carbocycles. The predicted molar refractivity (Wildman–Crippen MR) is 60.2 cm³/mol. The Balaban J connectivity index is 5.09. The Kier molecular flexibility index (Phi) is 5.21. The molecule has 0 heterocycles. The molecule has 0 amide bonds. The van der Waals surface area contributed by atoms with Crippen LogP contribution in [0.2, 0.25) is 0 Å². The van der Waals surface area contributed by atoms with Crippen LogP contribution >= 0.6 is 0 Å². The Labute approximate surface area is 100 Å². The molecule has 5 N–H and O–H groups in total. The monoisotopic (exact) mass is 249 g/mol. The highest BCUT2D eigenvalue weighted by Gasteiger charge is 2.45. The Morgan fingerprint density at radius 2 is 1.82 bits per heavy atom. The number of likely N-dealkylation sites (N-methyl/N-ethyl adjacent to an activating group) is 1. The molecule has 0 saturated heterocycles. The summed E-state index contributed by atoms with van der Waals surface area (Å²) in [5, 5.41) is 27.7. The van der Waals surface area contributed by atoms with E-state index in [-0.39, 0.29) is 11.0 Å². The minimum absolute atomic E-state index is 0.0914. The molecular weight excluding hydrogens is 228 g/mol. The van der Waals surface area contributed by atoms with E-state index in [1.54, 1.807) is 21.1 Å². The standard InChI is InChI=1S/C10H20N2O5/c1-12(2,3)6-10(17,4-8(14)15)9(16)7(11)5-13/h7,13,17H,4-6,11H2,1-3H3/p+1/t7-,10?/m0/s1. The number of aliphatic carboxylic acids is 1. The Morgan fingerprint density at radius 1 is 1.35 bits per heavy atom. The molecular formula is C10H21N2O5+. The van der Waals surface area contributed by atoms with Gasteiger partial charge >= 0.3 is 5.97 Å². The molecule has 0 bridgehead atoms. The van der Waals surface area contributed by atoms with Gasteiger partial charge in [-0.25, -0.2) is 0 Å². The zero-order chi connectivity index (χ0) is 13.9. The number of aliphatic hydroxyl groups excluding tert-OH is 1. The third kappa shape index (κ3) is 5.22. The van der Waals surface area contributed by atoms with Crippen molar-refractivity contribution >= 4 is 11.8 Å². The normalized spacial score (nSPS) is 17.3. The number of hydrogen-bond acceptors (Lipinski definition) is 5. The minimum Gasteiger partial charge on any atom is -0.481 e. The van der Waals surface area contributed by atoms with Crippen molar-refractivity contribution in [1.82, 2.24) is 0 Å². The molecule has 0 aliphatic heterocycles. The van der Waals surface area contributed by atoms with E-state index in [9.17, 15) is 14.7 Å². The zero-order valence-electron chi connectivity index (χ0n) is 10.4. The maximum Gasteiger partial charge on any atom is 0.306 e. The summed E-state index contributed by atoms with van der Waals surface area (Å²) >= 11 is 0. The van der Waals surface area contributed by atoms with Crippen molar-refractivity contribution in [3.05, 3.63) is 0 Å². The number of hydrogen-bond donors (Lipinski definition) is 4. The van der Waals surface area contributed by atoms with Gasteiger partial charge in [0.1, 0.15) is 6.54 Å². The van der Waals surface area contributed by atoms with Crippen molar-refractivity contribution in [1.29, 1.82) is 0 Å². The number of nitrogens with zero attached hydrogens (tertiary/aromatic N) is 1. The number of rotatable bonds is 7. The zero-order valence-corrected chi connectivity index (χ0v) is 10.4. The van der Waals surface area contributed by atoms with E-state index in [0.29, 0.717) is 0 Å². The van der Waals surface area contributed by atoms with Gasteiger partial charge in [-0.2, -0.15) is 0 Å². The molecule has 7 heteroatoms. The van der Waals surface area contributed by atoms with Crippen LogP contribution in [0, 0.1) is 0 Å². The maximum absolute atomic E-state index is 11.8. The molecule has 2 atom stereocenters. The smallest absolute Gasteiger partial charge is 0.306 e. The molecule has 0 aromatic heterocycles. The topological polar surface area (TPSA) is 121 Å². The van der Waals surface area contributed by atoms with E-state index in [1.165, 1.54) is 0 Å². The van der Waals surface area contributed by atoms with Crippen LogP contribution in [-0.2, 0) is 9.59 Å². The minimum atomic E-state index is -2.06. The number of carbonyl (C=O) groups excluding carboxylic acids is 1. The number of ketones is 1. The first-order chi connectivity index (χ1) is 7.52. The molecule has 0 rings (SSSR count). The van der Waals surface area contributed by atoms with Crippen LogP contribution in [0.15, 0.2) is 0 Å². The van der Waals surface area contributed by atoms with E-state index >= 15 is 0 Å². The van der Waals surface area contributed by atoms with Crippen molar-refractivity contribution < 1.29 is 29.4 Å². The number of nitrogens with two attached hydrogens (primary N) is 1. The number of carboxylic acids is 1. The van der Waals surface area contributed by atoms with Gasteiger partial charge < -0.3 is 25.5 Å². The van der Waals surface area contributed by atoms with Gasteiger partial charge in [0.05, 0.1) is 40.2 Å². The summed E-state index contributed by atoms with van der Waals surface area (Å²) in [6.45, 7) is -0.719. The molecule has 100 valence electrons. The fourth-order valence-electron chi connectivity index (χ4n) is 1.68. The van der Waals surface area contributed by atoms with E-state index in [2.05, 4.69) is 0 Å². The second-order valence-electron chi connectivity index (χ2n) is 5.20. The predicted octanol–water partition coefficient (Wildman–Crippen LogP) is -2.21. The van der Waals surface area contributed by atoms with Gasteiger partial charge in [-0.15, -0.1) is 0 Å². The molecule has 7 nitrogen and oxygen atoms in total. The lowest BCUT2D eigenvalue weighted by Crippen LogP contribution is -2.59. The van der Waals surface area contributed by atoms with Crippen molar-refractivity contribution in [2.24, 2.45) is 5.73 Å². The van der Waals surface area contributed by atoms with Gasteiger partial charge in [-0.05, 0) is 0 Å². The second-order valence-corrected chi connectivity index (χ2v) is 5.20. The number of carboxylic acid groups (broad SMARTS) is 1. The third-order valence-electron chi connectivity index (χ3n) is 2.17. The lowest BCUT2D eigenvalue weighted by molar-refractivity contribution is -0.875. The molecule has 0 fully saturated rings. The van der Waals surface area contributed by atoms with E-state index in [1.807, 2.05) is 0 Å². The Hall–Kier alpha value is -1.02. The van der Waals surface area contributed by atoms with Gasteiger partial charge in [-0.1, -0.05) is 0 Å². The Bertz CT molecular complexity index is 300. The van der Waals surface area contributed by atoms with Crippen LogP contribution < -0.4 is 5.73 Å². The van der Waals surface area contributed by atoms with Gasteiger partial charge in [-0.3, -0.25) is 9.59 Å². The maximum atomic E-state index is 11.8. The van der Waals surface area contributed by atoms with Crippen molar-refractivity contribution in [2.75, 3.05) is 34.3 Å². The summed E-state index contributed by atoms with van der Waals surface area (Å²) in [6, 6.07) is -1.27. The number of quaternary nitrogens is 1. The lowest BCUT2D eigenvalue weighted by atomic mass is 9.89. The number of aliphatic hydroxyl groups is 2. The second kappa shape index (κ2) is 5.54. The first-order valence-electron chi connectivity index (χ1n) is 5.17. The van der Waals surface area contributed by atoms with E-state index < -0.39 is 36.4 Å². The first kappa shape index (κ1) is 16.0. The fraction of sp³-hybridized carbons (Fsp3) is 0.800. The van der Waals surface area contributed by atoms with Crippen LogP contribution in [0.4, 0.5) is 0 Å². The first-order valence-corrected chi connectivity index (χ1v) is 5.17. The van der Waals surface area contributed by atoms with Gasteiger partial charge in [0, 0.05) is 0 Å². The van der Waals surface area contributed by atoms with Crippen LogP contribution in [-0.4, -0.2) is 77.5 Å². The van der Waals surface area contributed by atoms with Gasteiger partial charge in [0.25, 0.3) is 0 Å². The highest BCUT2D eigenvalue weighted by Crippen LogP contribution is 2.17. The molecule has 0 aromatic rings. The average Bonchev–Trinajstić information content (AvgIpc) is 2.10. The Morgan fingerprint density at radius 3 is 2.12 bits per heavy atom. The molecule has 0 saturated carbocycles. The highest BCUT2D eigenvalue weighted by atomic mass is 16.4. The number of carbonyl (C=O) groups is 2. The summed E-state index contributed by atoms with van der Waals surface area (Å²) in [5.74, 6) is -2.14. The van der Waals surface area contributed by atoms with E-state index in [0.717, 1.165) is 0 Å². The van der Waals surface area contributed by atoms with Gasteiger partial charge in [0.2, 0.25) is 0 Å². The van der Waals surface area contributed by atoms with E-state index in [4.69, 9.17) is 15.9 Å². The van der Waals surface area contributed by atoms with Crippen LogP contribution in [0.3, 0.4) is 0 Å². The molecule has 1 unspecified atom stereocenters. The summed E-state index contributed by atoms with van der Waals surface area (Å²) in [4.78, 5) is 22.5. The summed E-state index contributed by atoms with van der Waals surface area (Å²) in [7, 11) is 5.14. The fourth-order valence-corrected chi connectivity index (χ4v) is 1.68. The van der Waals surface area contributed by atoms with Crippen molar-refractivity contribution in [3.63, 3.8) is 0 Å². The van der Waals surface area contributed by atoms with Crippen LogP contribution in [0.25, 0.3) is 0 Å². The molecule has 0 radical (unpaired) electrons. The summed E-state index contributed by atoms with van der Waals surface area (Å²) < 4.78 is 0.202. The SMILES string of the molecule is C[N+](C)(C)CC(O)(CC(=O)O)C(=O)[C@@H](N)CO. The molecule has 17 heavy (non-hydrogen) atoms. The summed E-state index contributed by atoms with van der Waals surface area (Å²) in [5.41, 5.74) is 3.27. The number of Topliss-reactive ketones (excluding diaryl/α,β-unsaturated/α-hetero) is 1. The van der Waals surface area contributed by atoms with Crippen molar-refractivity contribution in [3.8, 4) is 0 Å². The lowest BCUT2D eigenvalue weighted by Gasteiger charge is -2.34. The van der Waals surface area contributed by atoms with Gasteiger partial charge in [0.15, 0.2) is 11.4 Å². The highest BCUT2D eigenvalue weighted by molar-refractivity contribution is 5.94. The quantitative estimate of drug-likeness (QED) is 0.379.